The van der Waals surface area contributed by atoms with Crippen LogP contribution < -0.4 is 0 Å². The number of rotatable bonds is 3. The van der Waals surface area contributed by atoms with E-state index in [-0.39, 0.29) is 0 Å². The van der Waals surface area contributed by atoms with Gasteiger partial charge in [0.2, 0.25) is 0 Å². The topological polar surface area (TPSA) is 0 Å². The highest BCUT2D eigenvalue weighted by Crippen LogP contribution is 2.40. The van der Waals surface area contributed by atoms with Crippen LogP contribution in [0.1, 0.15) is 36.3 Å². The lowest BCUT2D eigenvalue weighted by Gasteiger charge is -2.33. The zero-order chi connectivity index (χ0) is 13.1. The molecule has 0 N–H and O–H groups in total. The SMILES string of the molecule is ClC1CCC(c2ccccc2)CC1Cc1ccsc1. The predicted octanol–water partition coefficient (Wildman–Crippen LogP) is 5.48. The van der Waals surface area contributed by atoms with E-state index < -0.39 is 0 Å². The molecule has 3 unspecified atom stereocenters. The number of hydrogen-bond donors (Lipinski definition) is 0. The van der Waals surface area contributed by atoms with E-state index in [1.165, 1.54) is 24.0 Å². The van der Waals surface area contributed by atoms with Crippen molar-refractivity contribution >= 4 is 22.9 Å². The molecule has 1 aliphatic rings. The first-order valence-corrected chi connectivity index (χ1v) is 8.41. The smallest absolute Gasteiger partial charge is 0.0367 e. The van der Waals surface area contributed by atoms with Gasteiger partial charge in [0.25, 0.3) is 0 Å². The molecule has 3 rings (SSSR count). The van der Waals surface area contributed by atoms with Gasteiger partial charge in [-0.1, -0.05) is 30.3 Å². The molecule has 1 aromatic heterocycles. The van der Waals surface area contributed by atoms with Crippen LogP contribution in [-0.4, -0.2) is 5.38 Å². The Morgan fingerprint density at radius 1 is 1.11 bits per heavy atom. The maximum atomic E-state index is 6.56. The maximum Gasteiger partial charge on any atom is 0.0367 e. The van der Waals surface area contributed by atoms with E-state index >= 15 is 0 Å². The van der Waals surface area contributed by atoms with E-state index in [1.807, 2.05) is 0 Å². The molecule has 1 fully saturated rings. The highest BCUT2D eigenvalue weighted by molar-refractivity contribution is 7.07. The molecule has 0 bridgehead atoms. The fraction of sp³-hybridized carbons (Fsp3) is 0.412. The molecule has 2 aromatic rings. The normalized spacial score (nSPS) is 27.3. The summed E-state index contributed by atoms with van der Waals surface area (Å²) in [7, 11) is 0. The molecular weight excluding hydrogens is 272 g/mol. The molecule has 1 aliphatic carbocycles. The number of benzene rings is 1. The molecule has 2 heteroatoms. The van der Waals surface area contributed by atoms with E-state index in [4.69, 9.17) is 11.6 Å². The Balaban J connectivity index is 1.70. The third kappa shape index (κ3) is 3.21. The molecule has 1 saturated carbocycles. The molecule has 1 heterocycles. The largest absolute Gasteiger partial charge is 0.152 e. The van der Waals surface area contributed by atoms with Crippen molar-refractivity contribution in [3.8, 4) is 0 Å². The Kier molecular flexibility index (Phi) is 4.24. The van der Waals surface area contributed by atoms with E-state index in [9.17, 15) is 0 Å². The third-order valence-corrected chi connectivity index (χ3v) is 5.55. The Bertz CT molecular complexity index is 491. The second-order valence-corrected chi connectivity index (χ2v) is 6.87. The average Bonchev–Trinajstić information content (AvgIpc) is 2.95. The summed E-state index contributed by atoms with van der Waals surface area (Å²) >= 11 is 8.34. The quantitative estimate of drug-likeness (QED) is 0.657. The van der Waals surface area contributed by atoms with Crippen molar-refractivity contribution in [1.29, 1.82) is 0 Å². The lowest BCUT2D eigenvalue weighted by atomic mass is 9.76. The van der Waals surface area contributed by atoms with Crippen LogP contribution in [-0.2, 0) is 6.42 Å². The van der Waals surface area contributed by atoms with Gasteiger partial charge in [-0.15, -0.1) is 11.6 Å². The fourth-order valence-electron chi connectivity index (χ4n) is 3.18. The summed E-state index contributed by atoms with van der Waals surface area (Å²) < 4.78 is 0. The molecular formula is C17H19ClS. The minimum absolute atomic E-state index is 0.347. The molecule has 0 amide bonds. The summed E-state index contributed by atoms with van der Waals surface area (Å²) in [5.41, 5.74) is 2.94. The minimum atomic E-state index is 0.347. The summed E-state index contributed by atoms with van der Waals surface area (Å²) in [5.74, 6) is 1.31. The van der Waals surface area contributed by atoms with Gasteiger partial charge in [0.1, 0.15) is 0 Å². The van der Waals surface area contributed by atoms with Crippen molar-refractivity contribution in [2.75, 3.05) is 0 Å². The van der Waals surface area contributed by atoms with Crippen LogP contribution >= 0.6 is 22.9 Å². The Hall–Kier alpha value is -0.790. The van der Waals surface area contributed by atoms with Crippen LogP contribution in [0.4, 0.5) is 0 Å². The van der Waals surface area contributed by atoms with Crippen molar-refractivity contribution in [2.24, 2.45) is 5.92 Å². The summed E-state index contributed by atoms with van der Waals surface area (Å²) in [6.07, 6.45) is 4.75. The molecule has 0 aliphatic heterocycles. The Morgan fingerprint density at radius 2 is 1.95 bits per heavy atom. The molecule has 1 aromatic carbocycles. The van der Waals surface area contributed by atoms with Crippen molar-refractivity contribution in [3.63, 3.8) is 0 Å². The number of thiophene rings is 1. The van der Waals surface area contributed by atoms with E-state index in [0.29, 0.717) is 17.2 Å². The van der Waals surface area contributed by atoms with Crippen molar-refractivity contribution < 1.29 is 0 Å². The van der Waals surface area contributed by atoms with Gasteiger partial charge in [-0.05, 0) is 65.5 Å². The molecule has 3 atom stereocenters. The van der Waals surface area contributed by atoms with Crippen molar-refractivity contribution in [1.82, 2.24) is 0 Å². The first-order valence-electron chi connectivity index (χ1n) is 7.03. The third-order valence-electron chi connectivity index (χ3n) is 4.24. The summed E-state index contributed by atoms with van der Waals surface area (Å²) in [4.78, 5) is 0. The van der Waals surface area contributed by atoms with Crippen LogP contribution in [0.2, 0.25) is 0 Å². The molecule has 0 spiro atoms. The Morgan fingerprint density at radius 3 is 2.68 bits per heavy atom. The zero-order valence-corrected chi connectivity index (χ0v) is 12.5. The average molecular weight is 291 g/mol. The standard InChI is InChI=1S/C17H19ClS/c18-17-7-6-15(14-4-2-1-3-5-14)11-16(17)10-13-8-9-19-12-13/h1-5,8-9,12,15-17H,6-7,10-11H2. The predicted molar refractivity (Wildman–Crippen MR) is 84.2 cm³/mol. The molecule has 0 saturated heterocycles. The first kappa shape index (κ1) is 13.2. The van der Waals surface area contributed by atoms with Crippen LogP contribution in [0, 0.1) is 5.92 Å². The van der Waals surface area contributed by atoms with Gasteiger partial charge >= 0.3 is 0 Å². The van der Waals surface area contributed by atoms with Gasteiger partial charge in [0.05, 0.1) is 0 Å². The van der Waals surface area contributed by atoms with Gasteiger partial charge in [-0.25, -0.2) is 0 Å². The second-order valence-electron chi connectivity index (χ2n) is 5.53. The number of halogens is 1. The van der Waals surface area contributed by atoms with Gasteiger partial charge < -0.3 is 0 Å². The molecule has 0 radical (unpaired) electrons. The van der Waals surface area contributed by atoms with Crippen LogP contribution in [0.25, 0.3) is 0 Å². The summed E-state index contributed by atoms with van der Waals surface area (Å²) in [5, 5.41) is 4.77. The van der Waals surface area contributed by atoms with Gasteiger partial charge in [-0.2, -0.15) is 11.3 Å². The highest BCUT2D eigenvalue weighted by Gasteiger charge is 2.29. The van der Waals surface area contributed by atoms with E-state index in [0.717, 1.165) is 12.8 Å². The molecule has 100 valence electrons. The zero-order valence-electron chi connectivity index (χ0n) is 11.0. The number of hydrogen-bond acceptors (Lipinski definition) is 1. The van der Waals surface area contributed by atoms with Crippen LogP contribution in [0.3, 0.4) is 0 Å². The first-order chi connectivity index (χ1) is 9.33. The van der Waals surface area contributed by atoms with Crippen molar-refractivity contribution in [2.45, 2.75) is 37.0 Å². The lowest BCUT2D eigenvalue weighted by Crippen LogP contribution is -2.26. The van der Waals surface area contributed by atoms with Crippen LogP contribution in [0.5, 0.6) is 0 Å². The monoisotopic (exact) mass is 290 g/mol. The second kappa shape index (κ2) is 6.11. The lowest BCUT2D eigenvalue weighted by molar-refractivity contribution is 0.327. The fourth-order valence-corrected chi connectivity index (χ4v) is 4.18. The van der Waals surface area contributed by atoms with Crippen molar-refractivity contribution in [3.05, 3.63) is 58.3 Å². The summed E-state index contributed by atoms with van der Waals surface area (Å²) in [6.45, 7) is 0. The van der Waals surface area contributed by atoms with E-state index in [1.54, 1.807) is 11.3 Å². The van der Waals surface area contributed by atoms with Gasteiger partial charge in [0, 0.05) is 5.38 Å². The molecule has 0 nitrogen and oxygen atoms in total. The van der Waals surface area contributed by atoms with Gasteiger partial charge in [0.15, 0.2) is 0 Å². The molecule has 19 heavy (non-hydrogen) atoms. The van der Waals surface area contributed by atoms with Crippen LogP contribution in [0.15, 0.2) is 47.2 Å². The van der Waals surface area contributed by atoms with Gasteiger partial charge in [-0.3, -0.25) is 0 Å². The van der Waals surface area contributed by atoms with E-state index in [2.05, 4.69) is 47.2 Å². The maximum absolute atomic E-state index is 6.56. The Labute approximate surface area is 124 Å². The highest BCUT2D eigenvalue weighted by atomic mass is 35.5. The number of alkyl halides is 1. The summed E-state index contributed by atoms with van der Waals surface area (Å²) in [6, 6.07) is 13.2. The minimum Gasteiger partial charge on any atom is -0.152 e.